The summed E-state index contributed by atoms with van der Waals surface area (Å²) in [6.07, 6.45) is 0. The summed E-state index contributed by atoms with van der Waals surface area (Å²) in [5.41, 5.74) is 1.93. The van der Waals surface area contributed by atoms with Crippen LogP contribution in [0.4, 0.5) is 5.69 Å². The highest BCUT2D eigenvalue weighted by atomic mass is 35.5. The fourth-order valence-corrected chi connectivity index (χ4v) is 5.21. The van der Waals surface area contributed by atoms with Crippen molar-refractivity contribution in [2.24, 2.45) is 0 Å². The van der Waals surface area contributed by atoms with E-state index in [1.807, 2.05) is 26.0 Å². The van der Waals surface area contributed by atoms with Crippen LogP contribution in [0.5, 0.6) is 11.5 Å². The van der Waals surface area contributed by atoms with Gasteiger partial charge in [-0.25, -0.2) is 8.42 Å². The first-order valence-corrected chi connectivity index (χ1v) is 12.6. The molecule has 4 rings (SSSR count). The molecule has 0 unspecified atom stereocenters. The van der Waals surface area contributed by atoms with Crippen LogP contribution in [0.3, 0.4) is 0 Å². The van der Waals surface area contributed by atoms with Gasteiger partial charge in [-0.15, -0.1) is 0 Å². The summed E-state index contributed by atoms with van der Waals surface area (Å²) in [6.45, 7) is 4.19. The molecule has 0 bridgehead atoms. The molecule has 1 aliphatic rings. The average Bonchev–Trinajstić information content (AvgIpc) is 2.84. The summed E-state index contributed by atoms with van der Waals surface area (Å²) in [4.78, 5) is 13.1. The highest BCUT2D eigenvalue weighted by Crippen LogP contribution is 2.33. The summed E-state index contributed by atoms with van der Waals surface area (Å²) in [5.74, 6) is 0.816. The van der Waals surface area contributed by atoms with Gasteiger partial charge < -0.3 is 14.8 Å². The number of benzene rings is 3. The van der Waals surface area contributed by atoms with Crippen molar-refractivity contribution in [2.75, 3.05) is 24.1 Å². The molecule has 1 atom stereocenters. The van der Waals surface area contributed by atoms with Crippen LogP contribution in [0.2, 0.25) is 5.02 Å². The minimum Gasteiger partial charge on any atom is -0.486 e. The Labute approximate surface area is 204 Å². The molecule has 1 amide bonds. The Balaban J connectivity index is 1.58. The SMILES string of the molecule is Cc1ccc(N(CC(=O)N[C@@H](C)c2ccc3c(c2)OCCO3)S(=O)(=O)c2ccccc2)cc1Cl. The molecule has 3 aromatic carbocycles. The zero-order valence-corrected chi connectivity index (χ0v) is 20.4. The topological polar surface area (TPSA) is 84.9 Å². The van der Waals surface area contributed by atoms with Crippen molar-refractivity contribution in [3.8, 4) is 11.5 Å². The highest BCUT2D eigenvalue weighted by Gasteiger charge is 2.28. The van der Waals surface area contributed by atoms with E-state index >= 15 is 0 Å². The smallest absolute Gasteiger partial charge is 0.264 e. The lowest BCUT2D eigenvalue weighted by atomic mass is 10.1. The number of rotatable bonds is 7. The van der Waals surface area contributed by atoms with Crippen molar-refractivity contribution in [3.05, 3.63) is 82.9 Å². The molecule has 0 fully saturated rings. The number of nitrogens with one attached hydrogen (secondary N) is 1. The zero-order valence-electron chi connectivity index (χ0n) is 18.8. The number of sulfonamides is 1. The number of carbonyl (C=O) groups is 1. The van der Waals surface area contributed by atoms with Gasteiger partial charge in [-0.05, 0) is 61.4 Å². The van der Waals surface area contributed by atoms with Gasteiger partial charge in [-0.2, -0.15) is 0 Å². The molecule has 178 valence electrons. The largest absolute Gasteiger partial charge is 0.486 e. The molecule has 3 aromatic rings. The summed E-state index contributed by atoms with van der Waals surface area (Å²) in [6, 6.07) is 18.0. The Hall–Kier alpha value is -3.23. The van der Waals surface area contributed by atoms with Crippen molar-refractivity contribution < 1.29 is 22.7 Å². The number of fused-ring (bicyclic) bond motifs is 1. The monoisotopic (exact) mass is 500 g/mol. The van der Waals surface area contributed by atoms with Gasteiger partial charge in [0.05, 0.1) is 16.6 Å². The molecule has 0 saturated carbocycles. The van der Waals surface area contributed by atoms with E-state index in [0.717, 1.165) is 15.4 Å². The van der Waals surface area contributed by atoms with Crippen molar-refractivity contribution in [1.29, 1.82) is 0 Å². The standard InChI is InChI=1S/C25H25ClN2O5S/c1-17-8-10-20(15-22(17)26)28(34(30,31)21-6-4-3-5-7-21)16-25(29)27-18(2)19-9-11-23-24(14-19)33-13-12-32-23/h3-11,14-15,18H,12-13,16H2,1-2H3,(H,27,29)/t18-/m0/s1. The van der Waals surface area contributed by atoms with Crippen molar-refractivity contribution in [3.63, 3.8) is 0 Å². The number of halogens is 1. The number of hydrogen-bond donors (Lipinski definition) is 1. The first-order chi connectivity index (χ1) is 16.3. The maximum absolute atomic E-state index is 13.5. The van der Waals surface area contributed by atoms with Crippen LogP contribution in [-0.2, 0) is 14.8 Å². The van der Waals surface area contributed by atoms with Gasteiger partial charge in [0, 0.05) is 5.02 Å². The quantitative estimate of drug-likeness (QED) is 0.516. The van der Waals surface area contributed by atoms with E-state index in [4.69, 9.17) is 21.1 Å². The lowest BCUT2D eigenvalue weighted by Crippen LogP contribution is -2.41. The van der Waals surface area contributed by atoms with E-state index in [1.165, 1.54) is 12.1 Å². The Kier molecular flexibility index (Phi) is 7.00. The molecule has 7 nitrogen and oxygen atoms in total. The predicted octanol–water partition coefficient (Wildman–Crippen LogP) is 4.49. The van der Waals surface area contributed by atoms with Crippen LogP contribution in [0.1, 0.15) is 24.1 Å². The molecule has 9 heteroatoms. The van der Waals surface area contributed by atoms with E-state index in [9.17, 15) is 13.2 Å². The van der Waals surface area contributed by atoms with Crippen molar-refractivity contribution in [1.82, 2.24) is 5.32 Å². The van der Waals surface area contributed by atoms with Gasteiger partial charge in [0.1, 0.15) is 19.8 Å². The molecule has 0 spiro atoms. The number of anilines is 1. The molecule has 0 aromatic heterocycles. The molecule has 34 heavy (non-hydrogen) atoms. The van der Waals surface area contributed by atoms with Gasteiger partial charge in [0.25, 0.3) is 10.0 Å². The Morgan fingerprint density at radius 1 is 1.03 bits per heavy atom. The minimum atomic E-state index is -4.01. The second kappa shape index (κ2) is 9.95. The van der Waals surface area contributed by atoms with Gasteiger partial charge in [0.2, 0.25) is 5.91 Å². The number of nitrogens with zero attached hydrogens (tertiary/aromatic N) is 1. The second-order valence-corrected chi connectivity index (χ2v) is 10.2. The number of ether oxygens (including phenoxy) is 2. The Morgan fingerprint density at radius 2 is 1.74 bits per heavy atom. The van der Waals surface area contributed by atoms with Crippen LogP contribution >= 0.6 is 11.6 Å². The maximum Gasteiger partial charge on any atom is 0.264 e. The number of aryl methyl sites for hydroxylation is 1. The van der Waals surface area contributed by atoms with E-state index in [2.05, 4.69) is 5.32 Å². The van der Waals surface area contributed by atoms with Crippen LogP contribution < -0.4 is 19.1 Å². The van der Waals surface area contributed by atoms with Crippen molar-refractivity contribution >= 4 is 33.2 Å². The van der Waals surface area contributed by atoms with Crippen LogP contribution in [0.25, 0.3) is 0 Å². The molecular formula is C25H25ClN2O5S. The fraction of sp³-hybridized carbons (Fsp3) is 0.240. The third-order valence-electron chi connectivity index (χ3n) is 5.51. The second-order valence-electron chi connectivity index (χ2n) is 7.95. The number of hydrogen-bond acceptors (Lipinski definition) is 5. The molecule has 1 heterocycles. The third kappa shape index (κ3) is 5.13. The highest BCUT2D eigenvalue weighted by molar-refractivity contribution is 7.92. The molecular weight excluding hydrogens is 476 g/mol. The van der Waals surface area contributed by atoms with E-state index in [-0.39, 0.29) is 10.9 Å². The minimum absolute atomic E-state index is 0.0828. The molecule has 1 N–H and O–H groups in total. The summed E-state index contributed by atoms with van der Waals surface area (Å²) < 4.78 is 39.1. The van der Waals surface area contributed by atoms with Crippen LogP contribution in [-0.4, -0.2) is 34.1 Å². The van der Waals surface area contributed by atoms with E-state index in [0.29, 0.717) is 35.4 Å². The molecule has 1 aliphatic heterocycles. The lowest BCUT2D eigenvalue weighted by Gasteiger charge is -2.26. The predicted molar refractivity (Wildman–Crippen MR) is 131 cm³/mol. The fourth-order valence-electron chi connectivity index (χ4n) is 3.60. The summed E-state index contributed by atoms with van der Waals surface area (Å²) >= 11 is 6.27. The van der Waals surface area contributed by atoms with E-state index < -0.39 is 22.5 Å². The average molecular weight is 501 g/mol. The first-order valence-electron chi connectivity index (χ1n) is 10.8. The van der Waals surface area contributed by atoms with Gasteiger partial charge in [-0.1, -0.05) is 41.9 Å². The Bertz CT molecular complexity index is 1300. The maximum atomic E-state index is 13.5. The molecule has 0 aliphatic carbocycles. The number of amides is 1. The third-order valence-corrected chi connectivity index (χ3v) is 7.70. The van der Waals surface area contributed by atoms with Crippen LogP contribution in [0.15, 0.2) is 71.6 Å². The molecule has 0 radical (unpaired) electrons. The van der Waals surface area contributed by atoms with Gasteiger partial charge in [-0.3, -0.25) is 9.10 Å². The van der Waals surface area contributed by atoms with Crippen molar-refractivity contribution in [2.45, 2.75) is 24.8 Å². The normalized spacial score (nSPS) is 13.7. The van der Waals surface area contributed by atoms with Gasteiger partial charge in [0.15, 0.2) is 11.5 Å². The first kappa shape index (κ1) is 23.9. The van der Waals surface area contributed by atoms with E-state index in [1.54, 1.807) is 42.5 Å². The zero-order chi connectivity index (χ0) is 24.3. The molecule has 0 saturated heterocycles. The Morgan fingerprint density at radius 3 is 2.44 bits per heavy atom. The van der Waals surface area contributed by atoms with Gasteiger partial charge >= 0.3 is 0 Å². The number of carbonyl (C=O) groups excluding carboxylic acids is 1. The van der Waals surface area contributed by atoms with Crippen LogP contribution in [0, 0.1) is 6.92 Å². The lowest BCUT2D eigenvalue weighted by molar-refractivity contribution is -0.120. The summed E-state index contributed by atoms with van der Waals surface area (Å²) in [5, 5.41) is 3.29. The summed E-state index contributed by atoms with van der Waals surface area (Å²) in [7, 11) is -4.01.